The van der Waals surface area contributed by atoms with Crippen LogP contribution in [0.4, 0.5) is 0 Å². The summed E-state index contributed by atoms with van der Waals surface area (Å²) in [6.45, 7) is 5.05. The summed E-state index contributed by atoms with van der Waals surface area (Å²) in [5.41, 5.74) is 9.85. The molecule has 0 bridgehead atoms. The molecule has 2 atom stereocenters. The predicted octanol–water partition coefficient (Wildman–Crippen LogP) is 4.03. The fraction of sp³-hybridized carbons (Fsp3) is 0.625. The number of hydrogen-bond acceptors (Lipinski definition) is 3. The van der Waals surface area contributed by atoms with E-state index in [4.69, 9.17) is 15.2 Å². The summed E-state index contributed by atoms with van der Waals surface area (Å²) in [6.07, 6.45) is 4.69. The van der Waals surface area contributed by atoms with Crippen LogP contribution in [0, 0.1) is 13.8 Å². The summed E-state index contributed by atoms with van der Waals surface area (Å²) in [5.74, 6) is 0.922. The maximum absolute atomic E-state index is 6.43. The van der Waals surface area contributed by atoms with Crippen molar-refractivity contribution < 1.29 is 9.47 Å². The highest BCUT2D eigenvalue weighted by atomic mass is 79.9. The Balaban J connectivity index is 2.17. The Hall–Kier alpha value is -0.580. The number of aryl methyl sites for hydroxylation is 1. The minimum absolute atomic E-state index is 0.00894. The van der Waals surface area contributed by atoms with Crippen LogP contribution >= 0.6 is 15.9 Å². The molecule has 2 unspecified atom stereocenters. The van der Waals surface area contributed by atoms with Gasteiger partial charge in [-0.3, -0.25) is 0 Å². The Morgan fingerprint density at radius 2 is 2.25 bits per heavy atom. The molecule has 2 N–H and O–H groups in total. The van der Waals surface area contributed by atoms with E-state index in [1.54, 1.807) is 7.11 Å². The van der Waals surface area contributed by atoms with Gasteiger partial charge in [0.1, 0.15) is 5.75 Å². The lowest BCUT2D eigenvalue weighted by Crippen LogP contribution is -2.17. The molecule has 4 heteroatoms. The summed E-state index contributed by atoms with van der Waals surface area (Å²) in [5, 5.41) is 0. The lowest BCUT2D eigenvalue weighted by atomic mass is 9.93. The average Bonchev–Trinajstić information content (AvgIpc) is 2.93. The molecule has 0 amide bonds. The van der Waals surface area contributed by atoms with Crippen molar-refractivity contribution in [3.05, 3.63) is 27.2 Å². The van der Waals surface area contributed by atoms with Crippen LogP contribution in [0.15, 0.2) is 10.5 Å². The van der Waals surface area contributed by atoms with E-state index in [2.05, 4.69) is 35.8 Å². The van der Waals surface area contributed by atoms with Crippen molar-refractivity contribution in [2.24, 2.45) is 5.73 Å². The van der Waals surface area contributed by atoms with Crippen molar-refractivity contribution in [2.75, 3.05) is 13.7 Å². The van der Waals surface area contributed by atoms with Gasteiger partial charge in [0.15, 0.2) is 0 Å². The lowest BCUT2D eigenvalue weighted by Gasteiger charge is -2.22. The van der Waals surface area contributed by atoms with Crippen molar-refractivity contribution in [1.82, 2.24) is 0 Å². The van der Waals surface area contributed by atoms with Crippen LogP contribution < -0.4 is 10.5 Å². The first-order valence-corrected chi connectivity index (χ1v) is 8.04. The van der Waals surface area contributed by atoms with Crippen LogP contribution in [0.3, 0.4) is 0 Å². The second-order valence-electron chi connectivity index (χ2n) is 5.57. The Labute approximate surface area is 130 Å². The molecule has 0 spiro atoms. The van der Waals surface area contributed by atoms with Gasteiger partial charge in [-0.05, 0) is 56.7 Å². The maximum atomic E-state index is 6.43. The molecule has 1 saturated heterocycles. The first-order valence-electron chi connectivity index (χ1n) is 7.25. The molecule has 112 valence electrons. The number of methoxy groups -OCH3 is 1. The molecule has 1 fully saturated rings. The fourth-order valence-electron chi connectivity index (χ4n) is 2.97. The van der Waals surface area contributed by atoms with Crippen molar-refractivity contribution in [3.63, 3.8) is 0 Å². The monoisotopic (exact) mass is 341 g/mol. The largest absolute Gasteiger partial charge is 0.496 e. The predicted molar refractivity (Wildman–Crippen MR) is 85.3 cm³/mol. The third-order valence-corrected chi connectivity index (χ3v) is 4.93. The Morgan fingerprint density at radius 1 is 1.50 bits per heavy atom. The number of hydrogen-bond donors (Lipinski definition) is 1. The molecule has 1 aliphatic rings. The first kappa shape index (κ1) is 15.8. The lowest BCUT2D eigenvalue weighted by molar-refractivity contribution is 0.101. The average molecular weight is 342 g/mol. The van der Waals surface area contributed by atoms with Gasteiger partial charge in [-0.2, -0.15) is 0 Å². The highest BCUT2D eigenvalue weighted by Crippen LogP contribution is 2.37. The molecular formula is C16H24BrNO2. The van der Waals surface area contributed by atoms with Crippen LogP contribution in [0.5, 0.6) is 5.75 Å². The summed E-state index contributed by atoms with van der Waals surface area (Å²) in [7, 11) is 1.71. The van der Waals surface area contributed by atoms with E-state index < -0.39 is 0 Å². The van der Waals surface area contributed by atoms with Gasteiger partial charge in [0, 0.05) is 22.7 Å². The molecule has 1 heterocycles. The van der Waals surface area contributed by atoms with Gasteiger partial charge in [-0.25, -0.2) is 0 Å². The van der Waals surface area contributed by atoms with Crippen LogP contribution in [0.2, 0.25) is 0 Å². The number of halogens is 1. The zero-order valence-electron chi connectivity index (χ0n) is 12.5. The highest BCUT2D eigenvalue weighted by molar-refractivity contribution is 9.10. The van der Waals surface area contributed by atoms with E-state index in [0.29, 0.717) is 6.10 Å². The third kappa shape index (κ3) is 3.35. The normalized spacial score (nSPS) is 20.1. The van der Waals surface area contributed by atoms with Gasteiger partial charge in [0.2, 0.25) is 0 Å². The second-order valence-corrected chi connectivity index (χ2v) is 6.42. The molecule has 0 aliphatic carbocycles. The summed E-state index contributed by atoms with van der Waals surface area (Å²) < 4.78 is 12.3. The van der Waals surface area contributed by atoms with E-state index in [-0.39, 0.29) is 6.04 Å². The van der Waals surface area contributed by atoms with E-state index >= 15 is 0 Å². The molecule has 1 aliphatic heterocycles. The Kier molecular flexibility index (Phi) is 5.47. The van der Waals surface area contributed by atoms with Crippen LogP contribution in [-0.2, 0) is 4.74 Å². The van der Waals surface area contributed by atoms with Gasteiger partial charge in [0.05, 0.1) is 13.2 Å². The quantitative estimate of drug-likeness (QED) is 0.879. The molecular weight excluding hydrogens is 318 g/mol. The summed E-state index contributed by atoms with van der Waals surface area (Å²) >= 11 is 3.61. The van der Waals surface area contributed by atoms with Crippen molar-refractivity contribution >= 4 is 15.9 Å². The summed E-state index contributed by atoms with van der Waals surface area (Å²) in [6, 6.07) is 2.08. The molecule has 0 aromatic heterocycles. The first-order chi connectivity index (χ1) is 9.54. The molecule has 3 nitrogen and oxygen atoms in total. The molecule has 1 aromatic rings. The van der Waals surface area contributed by atoms with Crippen molar-refractivity contribution in [2.45, 2.75) is 51.7 Å². The number of benzene rings is 1. The number of ether oxygens (including phenoxy) is 2. The zero-order valence-corrected chi connectivity index (χ0v) is 14.1. The van der Waals surface area contributed by atoms with E-state index in [1.807, 2.05) is 0 Å². The topological polar surface area (TPSA) is 44.5 Å². The molecule has 0 saturated carbocycles. The van der Waals surface area contributed by atoms with Gasteiger partial charge >= 0.3 is 0 Å². The van der Waals surface area contributed by atoms with E-state index in [9.17, 15) is 0 Å². The molecule has 1 aromatic carbocycles. The molecule has 2 rings (SSSR count). The SMILES string of the molecule is COc1c(C)cc(Br)c(C)c1C(N)CCC1CCCO1. The highest BCUT2D eigenvalue weighted by Gasteiger charge is 2.22. The zero-order chi connectivity index (χ0) is 14.7. The van der Waals surface area contributed by atoms with E-state index in [0.717, 1.165) is 40.8 Å². The van der Waals surface area contributed by atoms with Crippen LogP contribution in [0.1, 0.15) is 48.4 Å². The summed E-state index contributed by atoms with van der Waals surface area (Å²) in [4.78, 5) is 0. The van der Waals surface area contributed by atoms with E-state index in [1.165, 1.54) is 18.4 Å². The number of nitrogens with two attached hydrogens (primary N) is 1. The molecule has 0 radical (unpaired) electrons. The van der Waals surface area contributed by atoms with Gasteiger partial charge in [0.25, 0.3) is 0 Å². The number of rotatable bonds is 5. The minimum atomic E-state index is -0.00894. The van der Waals surface area contributed by atoms with Crippen LogP contribution in [-0.4, -0.2) is 19.8 Å². The standard InChI is InChI=1S/C16H24BrNO2/c1-10-9-13(17)11(2)15(16(10)19-3)14(18)7-6-12-5-4-8-20-12/h9,12,14H,4-8,18H2,1-3H3. The maximum Gasteiger partial charge on any atom is 0.126 e. The minimum Gasteiger partial charge on any atom is -0.496 e. The van der Waals surface area contributed by atoms with Crippen molar-refractivity contribution in [1.29, 1.82) is 0 Å². The van der Waals surface area contributed by atoms with Gasteiger partial charge < -0.3 is 15.2 Å². The Morgan fingerprint density at radius 3 is 2.85 bits per heavy atom. The van der Waals surface area contributed by atoms with Gasteiger partial charge in [-0.1, -0.05) is 15.9 Å². The fourth-order valence-corrected chi connectivity index (χ4v) is 3.53. The smallest absolute Gasteiger partial charge is 0.126 e. The Bertz CT molecular complexity index is 470. The second kappa shape index (κ2) is 6.92. The van der Waals surface area contributed by atoms with Crippen LogP contribution in [0.25, 0.3) is 0 Å². The molecule has 20 heavy (non-hydrogen) atoms. The van der Waals surface area contributed by atoms with Crippen molar-refractivity contribution in [3.8, 4) is 5.75 Å². The third-order valence-electron chi connectivity index (χ3n) is 4.11. The van der Waals surface area contributed by atoms with Gasteiger partial charge in [-0.15, -0.1) is 0 Å².